The third kappa shape index (κ3) is 5.35. The van der Waals surface area contributed by atoms with Gasteiger partial charge >= 0.3 is 0 Å². The molecule has 2 aromatic rings. The second kappa shape index (κ2) is 8.45. The van der Waals surface area contributed by atoms with Gasteiger partial charge in [-0.3, -0.25) is 9.78 Å². The Bertz CT molecular complexity index is 641. The Balaban J connectivity index is 2.16. The van der Waals surface area contributed by atoms with Crippen LogP contribution in [-0.2, 0) is 22.6 Å². The van der Waals surface area contributed by atoms with Crippen molar-refractivity contribution in [2.45, 2.75) is 46.1 Å². The van der Waals surface area contributed by atoms with Gasteiger partial charge in [0.2, 0.25) is 0 Å². The highest BCUT2D eigenvalue weighted by atomic mass is 16.5. The minimum absolute atomic E-state index is 0.0135. The monoisotopic (exact) mass is 328 g/mol. The lowest BCUT2D eigenvalue weighted by Crippen LogP contribution is -2.39. The molecule has 0 saturated heterocycles. The molecule has 1 heterocycles. The zero-order chi connectivity index (χ0) is 17.5. The van der Waals surface area contributed by atoms with E-state index >= 15 is 0 Å². The van der Waals surface area contributed by atoms with E-state index < -0.39 is 6.10 Å². The molecule has 0 spiro atoms. The lowest BCUT2D eigenvalue weighted by atomic mass is 10.1. The van der Waals surface area contributed by atoms with Gasteiger partial charge in [0.1, 0.15) is 11.9 Å². The number of hydrogen-bond donors (Lipinski definition) is 1. The number of pyridine rings is 1. The highest BCUT2D eigenvalue weighted by Gasteiger charge is 2.22. The van der Waals surface area contributed by atoms with Gasteiger partial charge in [0, 0.05) is 25.5 Å². The summed E-state index contributed by atoms with van der Waals surface area (Å²) >= 11 is 0. The van der Waals surface area contributed by atoms with Gasteiger partial charge in [-0.05, 0) is 56.2 Å². The van der Waals surface area contributed by atoms with Crippen molar-refractivity contribution in [3.63, 3.8) is 0 Å². The number of ether oxygens (including phenoxy) is 1. The first kappa shape index (κ1) is 17.9. The van der Waals surface area contributed by atoms with Gasteiger partial charge in [0.25, 0.3) is 5.91 Å². The van der Waals surface area contributed by atoms with Crippen LogP contribution in [0.3, 0.4) is 0 Å². The number of benzene rings is 1. The third-order valence-corrected chi connectivity index (χ3v) is 3.57. The molecule has 0 bridgehead atoms. The number of phenolic OH excluding ortho intramolecular Hbond substituents is 1. The third-order valence-electron chi connectivity index (χ3n) is 3.57. The molecule has 1 aromatic carbocycles. The molecule has 5 nitrogen and oxygen atoms in total. The molecule has 0 saturated carbocycles. The summed E-state index contributed by atoms with van der Waals surface area (Å²) in [6, 6.07) is 10.7. The number of hydrogen-bond acceptors (Lipinski definition) is 4. The average Bonchev–Trinajstić information content (AvgIpc) is 2.56. The smallest absolute Gasteiger partial charge is 0.252 e. The molecule has 0 fully saturated rings. The zero-order valence-corrected chi connectivity index (χ0v) is 14.3. The molecular formula is C19H24N2O3. The van der Waals surface area contributed by atoms with Crippen LogP contribution < -0.4 is 0 Å². The van der Waals surface area contributed by atoms with E-state index in [0.717, 1.165) is 11.1 Å². The molecule has 2 rings (SSSR count). The molecule has 1 unspecified atom stereocenters. The van der Waals surface area contributed by atoms with Gasteiger partial charge in [-0.15, -0.1) is 0 Å². The Kier molecular flexibility index (Phi) is 6.32. The van der Waals surface area contributed by atoms with Crippen molar-refractivity contribution in [1.82, 2.24) is 9.88 Å². The molecule has 24 heavy (non-hydrogen) atoms. The second-order valence-electron chi connectivity index (χ2n) is 6.04. The Labute approximate surface area is 142 Å². The van der Waals surface area contributed by atoms with Crippen LogP contribution in [0.2, 0.25) is 0 Å². The van der Waals surface area contributed by atoms with E-state index in [1.165, 1.54) is 0 Å². The van der Waals surface area contributed by atoms with Crippen LogP contribution in [0.5, 0.6) is 5.75 Å². The van der Waals surface area contributed by atoms with Gasteiger partial charge in [0.05, 0.1) is 6.10 Å². The number of aromatic nitrogens is 1. The summed E-state index contributed by atoms with van der Waals surface area (Å²) in [6.07, 6.45) is 2.91. The molecular weight excluding hydrogens is 304 g/mol. The van der Waals surface area contributed by atoms with Crippen molar-refractivity contribution >= 4 is 5.91 Å². The molecule has 0 aliphatic heterocycles. The fourth-order valence-electron chi connectivity index (χ4n) is 2.47. The summed E-state index contributed by atoms with van der Waals surface area (Å²) in [6.45, 7) is 6.54. The van der Waals surface area contributed by atoms with Crippen molar-refractivity contribution in [3.05, 3.63) is 59.9 Å². The summed E-state index contributed by atoms with van der Waals surface area (Å²) in [5.74, 6) is 0.149. The maximum atomic E-state index is 12.8. The molecule has 0 aliphatic rings. The van der Waals surface area contributed by atoms with Crippen molar-refractivity contribution in [3.8, 4) is 5.75 Å². The van der Waals surface area contributed by atoms with Gasteiger partial charge in [-0.25, -0.2) is 0 Å². The van der Waals surface area contributed by atoms with Crippen molar-refractivity contribution < 1.29 is 14.6 Å². The highest BCUT2D eigenvalue weighted by molar-refractivity contribution is 5.80. The molecule has 0 radical (unpaired) electrons. The quantitative estimate of drug-likeness (QED) is 0.848. The number of rotatable bonds is 7. The Morgan fingerprint density at radius 3 is 2.12 bits per heavy atom. The van der Waals surface area contributed by atoms with Crippen molar-refractivity contribution in [1.29, 1.82) is 0 Å². The van der Waals surface area contributed by atoms with E-state index in [1.54, 1.807) is 36.4 Å². The fraction of sp³-hybridized carbons (Fsp3) is 0.368. The largest absolute Gasteiger partial charge is 0.508 e. The molecule has 1 amide bonds. The highest BCUT2D eigenvalue weighted by Crippen LogP contribution is 2.15. The number of aromatic hydroxyl groups is 1. The summed E-state index contributed by atoms with van der Waals surface area (Å²) in [5.41, 5.74) is 1.96. The number of carbonyl (C=O) groups excluding carboxylic acids is 1. The van der Waals surface area contributed by atoms with Crippen LogP contribution in [0.25, 0.3) is 0 Å². The lowest BCUT2D eigenvalue weighted by Gasteiger charge is -2.27. The summed E-state index contributed by atoms with van der Waals surface area (Å²) in [4.78, 5) is 18.6. The maximum absolute atomic E-state index is 12.8. The first-order valence-corrected chi connectivity index (χ1v) is 8.06. The van der Waals surface area contributed by atoms with E-state index in [2.05, 4.69) is 4.98 Å². The second-order valence-corrected chi connectivity index (χ2v) is 6.04. The van der Waals surface area contributed by atoms with E-state index in [4.69, 9.17) is 4.74 Å². The van der Waals surface area contributed by atoms with Crippen molar-refractivity contribution in [2.24, 2.45) is 0 Å². The van der Waals surface area contributed by atoms with Crippen LogP contribution >= 0.6 is 0 Å². The number of amides is 1. The minimum Gasteiger partial charge on any atom is -0.508 e. The normalized spacial score (nSPS) is 12.2. The topological polar surface area (TPSA) is 62.7 Å². The predicted molar refractivity (Wildman–Crippen MR) is 92.3 cm³/mol. The van der Waals surface area contributed by atoms with Crippen LogP contribution in [0, 0.1) is 0 Å². The number of carbonyl (C=O) groups is 1. The standard InChI is InChI=1S/C19H24N2O3/c1-14(2)24-15(3)19(23)21(13-17-8-10-20-11-9-17)12-16-4-6-18(22)7-5-16/h4-11,14-15,22H,12-13H2,1-3H3. The molecule has 1 aromatic heterocycles. The minimum atomic E-state index is -0.510. The lowest BCUT2D eigenvalue weighted by molar-refractivity contribution is -0.146. The first-order valence-electron chi connectivity index (χ1n) is 8.06. The molecule has 0 aliphatic carbocycles. The Morgan fingerprint density at radius 2 is 1.58 bits per heavy atom. The summed E-state index contributed by atoms with van der Waals surface area (Å²) in [7, 11) is 0. The van der Waals surface area contributed by atoms with E-state index in [9.17, 15) is 9.90 Å². The van der Waals surface area contributed by atoms with Gasteiger partial charge in [0.15, 0.2) is 0 Å². The molecule has 1 atom stereocenters. The zero-order valence-electron chi connectivity index (χ0n) is 14.3. The molecule has 5 heteroatoms. The average molecular weight is 328 g/mol. The fourth-order valence-corrected chi connectivity index (χ4v) is 2.47. The van der Waals surface area contributed by atoms with Crippen LogP contribution in [-0.4, -0.2) is 33.1 Å². The van der Waals surface area contributed by atoms with Gasteiger partial charge < -0.3 is 14.7 Å². The molecule has 1 N–H and O–H groups in total. The van der Waals surface area contributed by atoms with Crippen LogP contribution in [0.1, 0.15) is 31.9 Å². The van der Waals surface area contributed by atoms with Gasteiger partial charge in [-0.1, -0.05) is 12.1 Å². The Morgan fingerprint density at radius 1 is 1.04 bits per heavy atom. The maximum Gasteiger partial charge on any atom is 0.252 e. The van der Waals surface area contributed by atoms with Crippen LogP contribution in [0.4, 0.5) is 0 Å². The number of phenols is 1. The van der Waals surface area contributed by atoms with Crippen molar-refractivity contribution in [2.75, 3.05) is 0 Å². The van der Waals surface area contributed by atoms with E-state index in [0.29, 0.717) is 13.1 Å². The summed E-state index contributed by atoms with van der Waals surface area (Å²) in [5, 5.41) is 9.42. The SMILES string of the molecule is CC(C)OC(C)C(=O)N(Cc1ccncc1)Cc1ccc(O)cc1. The van der Waals surface area contributed by atoms with Crippen LogP contribution in [0.15, 0.2) is 48.8 Å². The van der Waals surface area contributed by atoms with E-state index in [1.807, 2.05) is 38.1 Å². The van der Waals surface area contributed by atoms with E-state index in [-0.39, 0.29) is 17.8 Å². The first-order chi connectivity index (χ1) is 11.5. The predicted octanol–water partition coefficient (Wildman–Crippen LogP) is 3.13. The van der Waals surface area contributed by atoms with Gasteiger partial charge in [-0.2, -0.15) is 0 Å². The number of nitrogens with zero attached hydrogens (tertiary/aromatic N) is 2. The Hall–Kier alpha value is -2.40. The molecule has 128 valence electrons. The summed E-state index contributed by atoms with van der Waals surface area (Å²) < 4.78 is 5.64.